The van der Waals surface area contributed by atoms with Gasteiger partial charge in [-0.3, -0.25) is 9.89 Å². The maximum atomic E-state index is 12.7. The SMILES string of the molecule is CN1CCC(N(C)C(=O)CCC2CCCN(S(=O)(=O)c3cn[nH]c3)C2)CC1. The smallest absolute Gasteiger partial charge is 0.246 e. The largest absolute Gasteiger partial charge is 0.343 e. The van der Waals surface area contributed by atoms with E-state index in [1.807, 2.05) is 11.9 Å². The number of nitrogens with one attached hydrogen (secondary N) is 1. The van der Waals surface area contributed by atoms with E-state index in [9.17, 15) is 13.2 Å². The number of sulfonamides is 1. The van der Waals surface area contributed by atoms with Gasteiger partial charge in [0.15, 0.2) is 0 Å². The zero-order valence-electron chi connectivity index (χ0n) is 16.3. The lowest BCUT2D eigenvalue weighted by Crippen LogP contribution is -2.44. The molecule has 27 heavy (non-hydrogen) atoms. The molecule has 0 aromatic carbocycles. The highest BCUT2D eigenvalue weighted by Crippen LogP contribution is 2.26. The highest BCUT2D eigenvalue weighted by molar-refractivity contribution is 7.89. The van der Waals surface area contributed by atoms with E-state index in [4.69, 9.17) is 0 Å². The number of aromatic amines is 1. The van der Waals surface area contributed by atoms with Gasteiger partial charge in [0.05, 0.1) is 6.20 Å². The number of aromatic nitrogens is 2. The number of H-pyrrole nitrogens is 1. The number of nitrogens with zero attached hydrogens (tertiary/aromatic N) is 4. The summed E-state index contributed by atoms with van der Waals surface area (Å²) in [6.07, 6.45) is 7.86. The lowest BCUT2D eigenvalue weighted by atomic mass is 9.94. The van der Waals surface area contributed by atoms with Gasteiger partial charge in [-0.15, -0.1) is 0 Å². The van der Waals surface area contributed by atoms with Crippen LogP contribution in [-0.2, 0) is 14.8 Å². The summed E-state index contributed by atoms with van der Waals surface area (Å²) >= 11 is 0. The second kappa shape index (κ2) is 8.70. The molecule has 1 atom stereocenters. The maximum absolute atomic E-state index is 12.7. The Hall–Kier alpha value is -1.45. The molecule has 1 amide bonds. The van der Waals surface area contributed by atoms with Crippen LogP contribution in [0.2, 0.25) is 0 Å². The molecule has 1 aromatic heterocycles. The normalized spacial score (nSPS) is 23.4. The average molecular weight is 398 g/mol. The van der Waals surface area contributed by atoms with E-state index in [1.54, 1.807) is 0 Å². The first-order valence-corrected chi connectivity index (χ1v) is 11.2. The molecule has 0 radical (unpaired) electrons. The van der Waals surface area contributed by atoms with Gasteiger partial charge in [-0.2, -0.15) is 9.40 Å². The van der Waals surface area contributed by atoms with Crippen molar-refractivity contribution in [2.45, 2.75) is 49.5 Å². The number of rotatable bonds is 6. The Balaban J connectivity index is 1.50. The third-order valence-electron chi connectivity index (χ3n) is 5.99. The molecule has 2 fully saturated rings. The Morgan fingerprint density at radius 2 is 2.04 bits per heavy atom. The molecule has 2 saturated heterocycles. The van der Waals surface area contributed by atoms with Gasteiger partial charge >= 0.3 is 0 Å². The summed E-state index contributed by atoms with van der Waals surface area (Å²) in [6, 6.07) is 0.332. The van der Waals surface area contributed by atoms with E-state index in [0.717, 1.165) is 45.2 Å². The van der Waals surface area contributed by atoms with Gasteiger partial charge in [0.25, 0.3) is 0 Å². The van der Waals surface area contributed by atoms with Gasteiger partial charge < -0.3 is 9.80 Å². The number of carbonyl (C=O) groups excluding carboxylic acids is 1. The van der Waals surface area contributed by atoms with Crippen molar-refractivity contribution in [1.82, 2.24) is 24.3 Å². The predicted octanol–water partition coefficient (Wildman–Crippen LogP) is 1.14. The molecule has 0 bridgehead atoms. The number of likely N-dealkylation sites (tertiary alicyclic amines) is 1. The van der Waals surface area contributed by atoms with Crippen molar-refractivity contribution in [2.75, 3.05) is 40.3 Å². The molecule has 0 spiro atoms. The molecule has 0 aliphatic carbocycles. The fraction of sp³-hybridized carbons (Fsp3) is 0.778. The minimum atomic E-state index is -3.49. The second-order valence-corrected chi connectivity index (χ2v) is 9.82. The highest BCUT2D eigenvalue weighted by atomic mass is 32.2. The van der Waals surface area contributed by atoms with Crippen LogP contribution in [0.3, 0.4) is 0 Å². The minimum Gasteiger partial charge on any atom is -0.343 e. The van der Waals surface area contributed by atoms with Crippen LogP contribution in [0.4, 0.5) is 0 Å². The zero-order chi connectivity index (χ0) is 19.4. The van der Waals surface area contributed by atoms with Crippen LogP contribution in [0.1, 0.15) is 38.5 Å². The van der Waals surface area contributed by atoms with Crippen molar-refractivity contribution < 1.29 is 13.2 Å². The van der Waals surface area contributed by atoms with Gasteiger partial charge in [0, 0.05) is 38.8 Å². The Labute approximate surface area is 161 Å². The van der Waals surface area contributed by atoms with Gasteiger partial charge in [-0.05, 0) is 58.2 Å². The topological polar surface area (TPSA) is 89.6 Å². The Bertz CT molecular complexity index is 713. The van der Waals surface area contributed by atoms with E-state index < -0.39 is 10.0 Å². The highest BCUT2D eigenvalue weighted by Gasteiger charge is 2.31. The summed E-state index contributed by atoms with van der Waals surface area (Å²) in [5, 5.41) is 6.31. The van der Waals surface area contributed by atoms with Crippen LogP contribution >= 0.6 is 0 Å². The predicted molar refractivity (Wildman–Crippen MR) is 103 cm³/mol. The fourth-order valence-electron chi connectivity index (χ4n) is 4.10. The summed E-state index contributed by atoms with van der Waals surface area (Å²) in [4.78, 5) is 17.0. The lowest BCUT2D eigenvalue weighted by Gasteiger charge is -2.36. The van der Waals surface area contributed by atoms with E-state index in [1.165, 1.54) is 16.7 Å². The van der Waals surface area contributed by atoms with Gasteiger partial charge in [-0.25, -0.2) is 8.42 Å². The third-order valence-corrected chi connectivity index (χ3v) is 7.82. The monoisotopic (exact) mass is 397 g/mol. The molecule has 1 aromatic rings. The van der Waals surface area contributed by atoms with Crippen molar-refractivity contribution in [3.63, 3.8) is 0 Å². The number of piperidine rings is 2. The molecule has 2 aliphatic rings. The van der Waals surface area contributed by atoms with Gasteiger partial charge in [0.1, 0.15) is 4.90 Å². The molecule has 3 rings (SSSR count). The Morgan fingerprint density at radius 3 is 2.70 bits per heavy atom. The molecule has 1 unspecified atom stereocenters. The lowest BCUT2D eigenvalue weighted by molar-refractivity contribution is -0.133. The standard InChI is InChI=1S/C18H31N5O3S/c1-21-10-7-16(8-11-21)22(2)18(24)6-5-15-4-3-9-23(14-15)27(25,26)17-12-19-20-13-17/h12-13,15-16H,3-11,14H2,1-2H3,(H,19,20). The zero-order valence-corrected chi connectivity index (χ0v) is 17.1. The van der Waals surface area contributed by atoms with Crippen LogP contribution in [0, 0.1) is 5.92 Å². The number of amides is 1. The first kappa shape index (κ1) is 20.3. The summed E-state index contributed by atoms with van der Waals surface area (Å²) in [7, 11) is 0.538. The van der Waals surface area contributed by atoms with E-state index in [0.29, 0.717) is 25.6 Å². The van der Waals surface area contributed by atoms with E-state index in [2.05, 4.69) is 22.1 Å². The fourth-order valence-corrected chi connectivity index (χ4v) is 5.56. The molecule has 3 heterocycles. The molecule has 2 aliphatic heterocycles. The van der Waals surface area contributed by atoms with Crippen molar-refractivity contribution in [2.24, 2.45) is 5.92 Å². The van der Waals surface area contributed by atoms with Gasteiger partial charge in [0.2, 0.25) is 15.9 Å². The summed E-state index contributed by atoms with van der Waals surface area (Å²) in [6.45, 7) is 3.09. The summed E-state index contributed by atoms with van der Waals surface area (Å²) in [5.74, 6) is 0.412. The average Bonchev–Trinajstić information content (AvgIpc) is 3.22. The number of hydrogen-bond acceptors (Lipinski definition) is 5. The molecular weight excluding hydrogens is 366 g/mol. The molecule has 9 heteroatoms. The Kier molecular flexibility index (Phi) is 6.54. The first-order chi connectivity index (χ1) is 12.9. The quantitative estimate of drug-likeness (QED) is 0.778. The first-order valence-electron chi connectivity index (χ1n) is 9.81. The summed E-state index contributed by atoms with van der Waals surface area (Å²) < 4.78 is 26.9. The van der Waals surface area contributed by atoms with Crippen LogP contribution in [0.15, 0.2) is 17.3 Å². The van der Waals surface area contributed by atoms with Crippen molar-refractivity contribution in [3.05, 3.63) is 12.4 Å². The van der Waals surface area contributed by atoms with Crippen molar-refractivity contribution in [3.8, 4) is 0 Å². The van der Waals surface area contributed by atoms with Gasteiger partial charge in [-0.1, -0.05) is 0 Å². The Morgan fingerprint density at radius 1 is 1.30 bits per heavy atom. The maximum Gasteiger partial charge on any atom is 0.246 e. The van der Waals surface area contributed by atoms with Crippen molar-refractivity contribution >= 4 is 15.9 Å². The molecule has 0 saturated carbocycles. The second-order valence-electron chi connectivity index (χ2n) is 7.88. The van der Waals surface area contributed by atoms with E-state index in [-0.39, 0.29) is 16.7 Å². The van der Waals surface area contributed by atoms with Crippen LogP contribution in [-0.4, -0.2) is 84.9 Å². The van der Waals surface area contributed by atoms with Crippen LogP contribution in [0.5, 0.6) is 0 Å². The molecule has 152 valence electrons. The molecule has 8 nitrogen and oxygen atoms in total. The van der Waals surface area contributed by atoms with Crippen LogP contribution in [0.25, 0.3) is 0 Å². The molecular formula is C18H31N5O3S. The van der Waals surface area contributed by atoms with E-state index >= 15 is 0 Å². The number of hydrogen-bond donors (Lipinski definition) is 1. The minimum absolute atomic E-state index is 0.180. The summed E-state index contributed by atoms with van der Waals surface area (Å²) in [5.41, 5.74) is 0. The van der Waals surface area contributed by atoms with Crippen molar-refractivity contribution in [1.29, 1.82) is 0 Å². The van der Waals surface area contributed by atoms with Crippen LogP contribution < -0.4 is 0 Å². The number of carbonyl (C=O) groups is 1. The molecule has 1 N–H and O–H groups in total. The third kappa shape index (κ3) is 4.89.